The van der Waals surface area contributed by atoms with Crippen molar-refractivity contribution in [3.63, 3.8) is 0 Å². The van der Waals surface area contributed by atoms with E-state index in [2.05, 4.69) is 55.6 Å². The van der Waals surface area contributed by atoms with Gasteiger partial charge in [-0.05, 0) is 83.5 Å². The smallest absolute Gasteiger partial charge is 0.305 e. The van der Waals surface area contributed by atoms with Gasteiger partial charge in [-0.3, -0.25) is 9.59 Å². The quantitative estimate of drug-likeness (QED) is 0.0320. The van der Waals surface area contributed by atoms with Crippen molar-refractivity contribution in [1.82, 2.24) is 5.32 Å². The van der Waals surface area contributed by atoms with Gasteiger partial charge in [-0.2, -0.15) is 0 Å². The second kappa shape index (κ2) is 64.6. The summed E-state index contributed by atoms with van der Waals surface area (Å²) in [5.74, 6) is -0.0321. The van der Waals surface area contributed by atoms with Crippen molar-refractivity contribution >= 4 is 11.9 Å². The maximum Gasteiger partial charge on any atom is 0.305 e. The molecule has 6 heteroatoms. The monoisotopic (exact) mass is 1050 g/mol. The van der Waals surface area contributed by atoms with E-state index in [4.69, 9.17) is 4.74 Å². The number of amides is 1. The first kappa shape index (κ1) is 73.1. The molecule has 0 radical (unpaired) electrons. The first-order valence-corrected chi connectivity index (χ1v) is 33.7. The van der Waals surface area contributed by atoms with Crippen molar-refractivity contribution in [2.45, 2.75) is 379 Å². The summed E-state index contributed by atoms with van der Waals surface area (Å²) < 4.78 is 5.48. The highest BCUT2D eigenvalue weighted by atomic mass is 16.5. The number of hydrogen-bond acceptors (Lipinski definition) is 5. The number of carbonyl (C=O) groups is 2. The molecule has 2 unspecified atom stereocenters. The van der Waals surface area contributed by atoms with Crippen LogP contribution in [0.3, 0.4) is 0 Å². The zero-order valence-corrected chi connectivity index (χ0v) is 50.5. The van der Waals surface area contributed by atoms with Crippen LogP contribution in [0.15, 0.2) is 36.5 Å². The van der Waals surface area contributed by atoms with Crippen LogP contribution < -0.4 is 5.32 Å². The molecule has 0 aliphatic carbocycles. The molecule has 0 heterocycles. The van der Waals surface area contributed by atoms with Gasteiger partial charge in [0.15, 0.2) is 0 Å². The van der Waals surface area contributed by atoms with Gasteiger partial charge in [0.05, 0.1) is 25.4 Å². The molecule has 6 nitrogen and oxygen atoms in total. The lowest BCUT2D eigenvalue weighted by atomic mass is 10.0. The summed E-state index contributed by atoms with van der Waals surface area (Å²) in [5.41, 5.74) is 0. The van der Waals surface area contributed by atoms with Gasteiger partial charge in [0, 0.05) is 12.8 Å². The Hall–Kier alpha value is -1.92. The van der Waals surface area contributed by atoms with Gasteiger partial charge in [0.1, 0.15) is 0 Å². The van der Waals surface area contributed by atoms with E-state index >= 15 is 0 Å². The van der Waals surface area contributed by atoms with Gasteiger partial charge in [0.25, 0.3) is 0 Å². The molecule has 0 aromatic carbocycles. The molecular weight excluding hydrogens is 923 g/mol. The van der Waals surface area contributed by atoms with Crippen molar-refractivity contribution in [3.05, 3.63) is 36.5 Å². The van der Waals surface area contributed by atoms with Gasteiger partial charge < -0.3 is 20.3 Å². The van der Waals surface area contributed by atoms with E-state index in [9.17, 15) is 19.8 Å². The number of aliphatic hydroxyl groups excluding tert-OH is 2. The Labute approximate surface area is 468 Å². The van der Waals surface area contributed by atoms with Crippen LogP contribution in [0, 0.1) is 0 Å². The number of hydrogen-bond donors (Lipinski definition) is 3. The minimum absolute atomic E-state index is 0.00134. The summed E-state index contributed by atoms with van der Waals surface area (Å²) >= 11 is 0. The Morgan fingerprint density at radius 2 is 0.667 bits per heavy atom. The van der Waals surface area contributed by atoms with Crippen LogP contribution in [0.25, 0.3) is 0 Å². The van der Waals surface area contributed by atoms with Crippen LogP contribution in [0.2, 0.25) is 0 Å². The predicted octanol–water partition coefficient (Wildman–Crippen LogP) is 21.5. The maximum absolute atomic E-state index is 12.5. The number of carbonyl (C=O) groups excluding carboxylic acids is 2. The summed E-state index contributed by atoms with van der Waals surface area (Å²) in [4.78, 5) is 24.6. The summed E-state index contributed by atoms with van der Waals surface area (Å²) in [6.45, 7) is 4.94. The topological polar surface area (TPSA) is 95.9 Å². The summed E-state index contributed by atoms with van der Waals surface area (Å²) in [7, 11) is 0. The summed E-state index contributed by atoms with van der Waals surface area (Å²) in [6.07, 6.45) is 81.7. The average Bonchev–Trinajstić information content (AvgIpc) is 3.41. The van der Waals surface area contributed by atoms with Crippen LogP contribution in [0.5, 0.6) is 0 Å². The van der Waals surface area contributed by atoms with E-state index in [0.29, 0.717) is 25.9 Å². The molecule has 442 valence electrons. The second-order valence-corrected chi connectivity index (χ2v) is 23.1. The van der Waals surface area contributed by atoms with Crippen molar-refractivity contribution < 1.29 is 24.5 Å². The lowest BCUT2D eigenvalue weighted by molar-refractivity contribution is -0.143. The summed E-state index contributed by atoms with van der Waals surface area (Å²) in [6, 6.07) is -0.542. The van der Waals surface area contributed by atoms with Crippen LogP contribution in [-0.2, 0) is 14.3 Å². The molecule has 0 fully saturated rings. The van der Waals surface area contributed by atoms with E-state index in [1.807, 2.05) is 0 Å². The molecule has 0 spiro atoms. The van der Waals surface area contributed by atoms with E-state index in [-0.39, 0.29) is 18.5 Å². The molecule has 0 aromatic heterocycles. The van der Waals surface area contributed by atoms with Crippen molar-refractivity contribution in [3.8, 4) is 0 Å². The zero-order chi connectivity index (χ0) is 54.3. The number of aliphatic hydroxyl groups is 2. The highest BCUT2D eigenvalue weighted by molar-refractivity contribution is 5.76. The highest BCUT2D eigenvalue weighted by Crippen LogP contribution is 2.18. The fourth-order valence-corrected chi connectivity index (χ4v) is 10.5. The first-order chi connectivity index (χ1) is 37.0. The number of nitrogens with one attached hydrogen (secondary N) is 1. The van der Waals surface area contributed by atoms with Crippen LogP contribution in [-0.4, -0.2) is 47.4 Å². The molecule has 0 bridgehead atoms. The molecule has 3 N–H and O–H groups in total. The van der Waals surface area contributed by atoms with E-state index in [1.54, 1.807) is 0 Å². The Morgan fingerprint density at radius 1 is 0.373 bits per heavy atom. The maximum atomic E-state index is 12.5. The lowest BCUT2D eigenvalue weighted by Crippen LogP contribution is -2.45. The molecule has 75 heavy (non-hydrogen) atoms. The van der Waals surface area contributed by atoms with E-state index < -0.39 is 12.1 Å². The van der Waals surface area contributed by atoms with Gasteiger partial charge >= 0.3 is 5.97 Å². The number of unbranched alkanes of at least 4 members (excludes halogenated alkanes) is 46. The Kier molecular flexibility index (Phi) is 63.0. The minimum Gasteiger partial charge on any atom is -0.466 e. The zero-order valence-electron chi connectivity index (χ0n) is 50.5. The Bertz CT molecular complexity index is 1210. The Morgan fingerprint density at radius 3 is 1.05 bits per heavy atom. The number of ether oxygens (including phenoxy) is 1. The molecule has 1 amide bonds. The largest absolute Gasteiger partial charge is 0.466 e. The molecule has 0 rings (SSSR count). The SMILES string of the molecule is CCCCC/C=C\C/C=C\CCCCCCCC(=O)OCCCCCCCCCCCCCC/C=C\CCCCCCCCCCCCCC(=O)NC(CO)C(O)CCCCCCCCCCCCCCCCCC. The normalized spacial score (nSPS) is 12.7. The third-order valence-electron chi connectivity index (χ3n) is 15.7. The highest BCUT2D eigenvalue weighted by Gasteiger charge is 2.20. The Balaban J connectivity index is 3.38. The summed E-state index contributed by atoms with van der Waals surface area (Å²) in [5, 5.41) is 23.3. The standard InChI is InChI=1S/C69H131NO5/c1-3-5-7-9-11-13-15-17-19-34-37-41-45-49-53-57-61-67(72)66(65-71)70-68(73)62-58-54-50-46-42-38-35-31-29-27-25-23-21-20-22-24-26-28-30-32-36-40-44-48-52-56-60-64-75-69(74)63-59-55-51-47-43-39-33-18-16-14-12-10-8-6-4-2/h12,14,18,20-21,33,66-67,71-72H,3-11,13,15-17,19,22-32,34-65H2,1-2H3,(H,70,73)/b14-12-,21-20-,33-18-. The van der Waals surface area contributed by atoms with Gasteiger partial charge in [-0.1, -0.05) is 307 Å². The number of rotatable bonds is 63. The molecule has 2 atom stereocenters. The third-order valence-corrected chi connectivity index (χ3v) is 15.7. The molecule has 0 saturated heterocycles. The average molecular weight is 1050 g/mol. The third kappa shape index (κ3) is 61.2. The fourth-order valence-electron chi connectivity index (χ4n) is 10.5. The van der Waals surface area contributed by atoms with Crippen LogP contribution in [0.1, 0.15) is 367 Å². The van der Waals surface area contributed by atoms with E-state index in [1.165, 1.54) is 283 Å². The van der Waals surface area contributed by atoms with Crippen molar-refractivity contribution in [2.24, 2.45) is 0 Å². The molecule has 0 aliphatic heterocycles. The number of allylic oxidation sites excluding steroid dienone is 6. The van der Waals surface area contributed by atoms with Gasteiger partial charge in [0.2, 0.25) is 5.91 Å². The van der Waals surface area contributed by atoms with Crippen LogP contribution in [0.4, 0.5) is 0 Å². The molecule has 0 aliphatic rings. The minimum atomic E-state index is -0.665. The van der Waals surface area contributed by atoms with E-state index in [0.717, 1.165) is 51.4 Å². The van der Waals surface area contributed by atoms with Crippen LogP contribution >= 0.6 is 0 Å². The molecule has 0 aromatic rings. The number of esters is 1. The second-order valence-electron chi connectivity index (χ2n) is 23.1. The van der Waals surface area contributed by atoms with Crippen molar-refractivity contribution in [2.75, 3.05) is 13.2 Å². The first-order valence-electron chi connectivity index (χ1n) is 33.7. The van der Waals surface area contributed by atoms with Gasteiger partial charge in [-0.25, -0.2) is 0 Å². The predicted molar refractivity (Wildman–Crippen MR) is 329 cm³/mol. The lowest BCUT2D eigenvalue weighted by Gasteiger charge is -2.22. The van der Waals surface area contributed by atoms with Gasteiger partial charge in [-0.15, -0.1) is 0 Å². The fraction of sp³-hybridized carbons (Fsp3) is 0.884. The molecular formula is C69H131NO5. The van der Waals surface area contributed by atoms with Crippen molar-refractivity contribution in [1.29, 1.82) is 0 Å². The molecule has 0 saturated carbocycles.